The van der Waals surface area contributed by atoms with E-state index < -0.39 is 0 Å². The molecule has 0 saturated carbocycles. The smallest absolute Gasteiger partial charge is 0.0822 e. The molecular weight excluding hydrogens is 112 g/mol. The van der Waals surface area contributed by atoms with Crippen LogP contribution >= 0.6 is 0 Å². The van der Waals surface area contributed by atoms with E-state index in [2.05, 4.69) is 13.8 Å². The van der Waals surface area contributed by atoms with Crippen molar-refractivity contribution in [2.24, 2.45) is 5.92 Å². The van der Waals surface area contributed by atoms with Crippen LogP contribution in [0.3, 0.4) is 0 Å². The van der Waals surface area contributed by atoms with E-state index >= 15 is 0 Å². The minimum absolute atomic E-state index is 0.108. The van der Waals surface area contributed by atoms with E-state index in [4.69, 9.17) is 0 Å². The topological polar surface area (TPSA) is 19.9 Å². The van der Waals surface area contributed by atoms with E-state index in [0.717, 1.165) is 18.8 Å². The van der Waals surface area contributed by atoms with Gasteiger partial charge in [0.2, 0.25) is 0 Å². The van der Waals surface area contributed by atoms with E-state index in [9.17, 15) is 5.11 Å². The summed E-state index contributed by atoms with van der Waals surface area (Å²) in [5, 5.41) is 10.00. The molecule has 1 nitrogen and oxygen atoms in total. The largest absolute Gasteiger partial charge is 0.237 e. The first-order chi connectivity index (χ1) is 4.31. The van der Waals surface area contributed by atoms with Crippen LogP contribution in [0.5, 0.6) is 0 Å². The van der Waals surface area contributed by atoms with Crippen molar-refractivity contribution in [3.63, 3.8) is 0 Å². The molecule has 0 N–H and O–H groups in total. The highest BCUT2D eigenvalue weighted by Crippen LogP contribution is 2.10. The summed E-state index contributed by atoms with van der Waals surface area (Å²) >= 11 is 0. The molecule has 0 heterocycles. The summed E-state index contributed by atoms with van der Waals surface area (Å²) in [5.41, 5.74) is 0. The monoisotopic (exact) mass is 129 g/mol. The van der Waals surface area contributed by atoms with Gasteiger partial charge in [0.05, 0.1) is 6.61 Å². The van der Waals surface area contributed by atoms with E-state index in [1.165, 1.54) is 12.8 Å². The second kappa shape index (κ2) is 6.09. The zero-order valence-corrected chi connectivity index (χ0v) is 6.52. The van der Waals surface area contributed by atoms with Crippen molar-refractivity contribution in [1.29, 1.82) is 0 Å². The van der Waals surface area contributed by atoms with Gasteiger partial charge in [0.1, 0.15) is 0 Å². The molecule has 1 radical (unpaired) electrons. The predicted octanol–water partition coefficient (Wildman–Crippen LogP) is 2.63. The zero-order chi connectivity index (χ0) is 7.11. The fourth-order valence-corrected chi connectivity index (χ4v) is 0.799. The van der Waals surface area contributed by atoms with Crippen LogP contribution in [0.25, 0.3) is 0 Å². The normalized spacial score (nSPS) is 13.7. The Morgan fingerprint density at radius 1 is 1.33 bits per heavy atom. The van der Waals surface area contributed by atoms with Gasteiger partial charge in [0.25, 0.3) is 0 Å². The average molecular weight is 129 g/mol. The summed E-state index contributed by atoms with van der Waals surface area (Å²) in [6.07, 6.45) is 4.47. The zero-order valence-electron chi connectivity index (χ0n) is 6.52. The molecule has 0 aliphatic rings. The molecule has 0 aliphatic carbocycles. The fraction of sp³-hybridized carbons (Fsp3) is 1.00. The number of unbranched alkanes of at least 4 members (excludes halogenated alkanes) is 1. The minimum Gasteiger partial charge on any atom is -0.237 e. The van der Waals surface area contributed by atoms with Crippen LogP contribution in [0.1, 0.15) is 39.5 Å². The maximum atomic E-state index is 10.00. The van der Waals surface area contributed by atoms with Crippen molar-refractivity contribution in [3.05, 3.63) is 0 Å². The van der Waals surface area contributed by atoms with Crippen molar-refractivity contribution in [1.82, 2.24) is 0 Å². The third kappa shape index (κ3) is 5.84. The standard InChI is InChI=1S/C8H17O/c1-3-8(2)6-4-5-7-9/h8H,3-7H2,1-2H3. The van der Waals surface area contributed by atoms with E-state index in [1.54, 1.807) is 0 Å². The Hall–Kier alpha value is -0.0400. The van der Waals surface area contributed by atoms with Gasteiger partial charge in [0.15, 0.2) is 0 Å². The molecule has 1 unspecified atom stereocenters. The van der Waals surface area contributed by atoms with Crippen molar-refractivity contribution >= 4 is 0 Å². The molecule has 1 heteroatoms. The van der Waals surface area contributed by atoms with Gasteiger partial charge in [0, 0.05) is 0 Å². The average Bonchev–Trinajstić information content (AvgIpc) is 1.89. The van der Waals surface area contributed by atoms with Crippen molar-refractivity contribution in [2.75, 3.05) is 6.61 Å². The summed E-state index contributed by atoms with van der Waals surface area (Å²) in [5.74, 6) is 0.816. The van der Waals surface area contributed by atoms with E-state index in [0.29, 0.717) is 0 Å². The van der Waals surface area contributed by atoms with Crippen LogP contribution < -0.4 is 0 Å². The van der Waals surface area contributed by atoms with Crippen LogP contribution in [0.15, 0.2) is 0 Å². The quantitative estimate of drug-likeness (QED) is 0.508. The highest BCUT2D eigenvalue weighted by atomic mass is 16.2. The fourth-order valence-electron chi connectivity index (χ4n) is 0.799. The summed E-state index contributed by atoms with van der Waals surface area (Å²) < 4.78 is 0. The first-order valence-corrected chi connectivity index (χ1v) is 3.89. The van der Waals surface area contributed by atoms with Gasteiger partial charge in [-0.1, -0.05) is 33.1 Å². The lowest BCUT2D eigenvalue weighted by atomic mass is 10.0. The Morgan fingerprint density at radius 2 is 2.00 bits per heavy atom. The molecule has 0 aromatic carbocycles. The summed E-state index contributed by atoms with van der Waals surface area (Å²) in [7, 11) is 0. The number of rotatable bonds is 5. The van der Waals surface area contributed by atoms with Crippen LogP contribution in [0, 0.1) is 5.92 Å². The van der Waals surface area contributed by atoms with Crippen molar-refractivity contribution in [3.8, 4) is 0 Å². The van der Waals surface area contributed by atoms with Crippen LogP contribution in [-0.2, 0) is 5.11 Å². The SMILES string of the molecule is CCC(C)CCCC[O]. The minimum atomic E-state index is 0.108. The second-order valence-corrected chi connectivity index (χ2v) is 2.71. The molecule has 0 saturated heterocycles. The Bertz CT molecular complexity index is 52.5. The molecular formula is C8H17O. The van der Waals surface area contributed by atoms with Gasteiger partial charge in [-0.15, -0.1) is 0 Å². The molecule has 0 aromatic heterocycles. The molecule has 0 amide bonds. The van der Waals surface area contributed by atoms with Crippen LogP contribution in [0.4, 0.5) is 0 Å². The Morgan fingerprint density at radius 3 is 2.44 bits per heavy atom. The van der Waals surface area contributed by atoms with Gasteiger partial charge in [-0.3, -0.25) is 0 Å². The summed E-state index contributed by atoms with van der Waals surface area (Å²) in [4.78, 5) is 0. The summed E-state index contributed by atoms with van der Waals surface area (Å²) in [6, 6.07) is 0. The van der Waals surface area contributed by atoms with Gasteiger partial charge in [-0.2, -0.15) is 0 Å². The molecule has 0 fully saturated rings. The Labute approximate surface area is 58.1 Å². The van der Waals surface area contributed by atoms with E-state index in [-0.39, 0.29) is 6.61 Å². The lowest BCUT2D eigenvalue weighted by Gasteiger charge is -2.05. The maximum Gasteiger partial charge on any atom is 0.0822 e. The van der Waals surface area contributed by atoms with Gasteiger partial charge in [-0.25, -0.2) is 5.11 Å². The summed E-state index contributed by atoms with van der Waals surface area (Å²) in [6.45, 7) is 4.54. The number of hydrogen-bond acceptors (Lipinski definition) is 0. The molecule has 0 aromatic rings. The van der Waals surface area contributed by atoms with Crippen LogP contribution in [-0.4, -0.2) is 6.61 Å². The van der Waals surface area contributed by atoms with Crippen molar-refractivity contribution < 1.29 is 5.11 Å². The molecule has 0 aliphatic heterocycles. The first kappa shape index (κ1) is 8.96. The molecule has 0 rings (SSSR count). The molecule has 1 atom stereocenters. The lowest BCUT2D eigenvalue weighted by Crippen LogP contribution is -1.92. The predicted molar refractivity (Wildman–Crippen MR) is 38.9 cm³/mol. The lowest BCUT2D eigenvalue weighted by molar-refractivity contribution is 0.184. The Kier molecular flexibility index (Phi) is 6.06. The van der Waals surface area contributed by atoms with Crippen LogP contribution in [0.2, 0.25) is 0 Å². The first-order valence-electron chi connectivity index (χ1n) is 3.89. The van der Waals surface area contributed by atoms with E-state index in [1.807, 2.05) is 0 Å². The highest BCUT2D eigenvalue weighted by molar-refractivity contribution is 4.49. The third-order valence-electron chi connectivity index (χ3n) is 1.79. The maximum absolute atomic E-state index is 10.00. The van der Waals surface area contributed by atoms with Gasteiger partial charge >= 0.3 is 0 Å². The van der Waals surface area contributed by atoms with Crippen molar-refractivity contribution in [2.45, 2.75) is 39.5 Å². The van der Waals surface area contributed by atoms with Gasteiger partial charge in [-0.05, 0) is 12.3 Å². The Balaban J connectivity index is 2.88. The number of hydrogen-bond donors (Lipinski definition) is 0. The molecule has 0 bridgehead atoms. The van der Waals surface area contributed by atoms with Gasteiger partial charge < -0.3 is 0 Å². The molecule has 0 spiro atoms. The third-order valence-corrected chi connectivity index (χ3v) is 1.79. The highest BCUT2D eigenvalue weighted by Gasteiger charge is 1.96. The molecule has 9 heavy (non-hydrogen) atoms. The second-order valence-electron chi connectivity index (χ2n) is 2.71. The molecule has 55 valence electrons.